The van der Waals surface area contributed by atoms with Crippen molar-refractivity contribution in [2.45, 2.75) is 52.0 Å². The summed E-state index contributed by atoms with van der Waals surface area (Å²) in [6.45, 7) is 6.03. The van der Waals surface area contributed by atoms with Crippen LogP contribution < -0.4 is 5.73 Å². The average Bonchev–Trinajstić information content (AvgIpc) is 2.60. The van der Waals surface area contributed by atoms with Crippen LogP contribution in [0.4, 0.5) is 4.39 Å². The van der Waals surface area contributed by atoms with E-state index in [4.69, 9.17) is 22.3 Å². The lowest BCUT2D eigenvalue weighted by Crippen LogP contribution is -2.36. The molecule has 1 aliphatic carbocycles. The first-order chi connectivity index (χ1) is 13.2. The summed E-state index contributed by atoms with van der Waals surface area (Å²) in [6.07, 6.45) is 8.30. The number of nitrogens with two attached hydrogens (primary N) is 1. The Balaban J connectivity index is 1.95. The molecule has 1 atom stereocenters. The highest BCUT2D eigenvalue weighted by molar-refractivity contribution is 6.30. The lowest BCUT2D eigenvalue weighted by molar-refractivity contribution is 0.108. The van der Waals surface area contributed by atoms with Gasteiger partial charge in [-0.05, 0) is 73.9 Å². The van der Waals surface area contributed by atoms with Gasteiger partial charge in [0, 0.05) is 10.6 Å². The van der Waals surface area contributed by atoms with E-state index in [1.807, 2.05) is 49.4 Å². The molecular weight excluding hydrogens is 371 g/mol. The molecule has 2 nitrogen and oxygen atoms in total. The van der Waals surface area contributed by atoms with Crippen molar-refractivity contribution < 1.29 is 4.39 Å². The van der Waals surface area contributed by atoms with Crippen LogP contribution in [0.3, 0.4) is 0 Å². The summed E-state index contributed by atoms with van der Waals surface area (Å²) >= 11 is 5.94. The monoisotopic (exact) mass is 398 g/mol. The summed E-state index contributed by atoms with van der Waals surface area (Å²) in [4.78, 5) is 4.69. The zero-order valence-electron chi connectivity index (χ0n) is 16.8. The molecule has 2 aromatic rings. The molecule has 1 fully saturated rings. The number of rotatable bonds is 6. The lowest BCUT2D eigenvalue weighted by Gasteiger charge is -2.44. The zero-order chi connectivity index (χ0) is 20.4. The average molecular weight is 399 g/mol. The second kappa shape index (κ2) is 8.08. The Morgan fingerprint density at radius 3 is 2.36 bits per heavy atom. The molecule has 0 unspecified atom stereocenters. The van der Waals surface area contributed by atoms with Gasteiger partial charge >= 0.3 is 0 Å². The largest absolute Gasteiger partial charge is 0.388 e. The van der Waals surface area contributed by atoms with Gasteiger partial charge in [0.05, 0.1) is 11.4 Å². The molecule has 0 spiro atoms. The Bertz CT molecular complexity index is 893. The maximum absolute atomic E-state index is 14.9. The summed E-state index contributed by atoms with van der Waals surface area (Å²) in [5.41, 5.74) is 8.01. The highest BCUT2D eigenvalue weighted by Gasteiger charge is 2.41. The molecule has 1 saturated carbocycles. The second-order valence-corrected chi connectivity index (χ2v) is 8.93. The van der Waals surface area contributed by atoms with Gasteiger partial charge in [-0.2, -0.15) is 0 Å². The minimum absolute atomic E-state index is 0.190. The molecule has 0 aliphatic heterocycles. The number of nitrogens with zero attached hydrogens (tertiary/aromatic N) is 1. The molecule has 2 aromatic carbocycles. The lowest BCUT2D eigenvalue weighted by atomic mass is 9.63. The van der Waals surface area contributed by atoms with Gasteiger partial charge < -0.3 is 5.73 Å². The predicted octanol–water partition coefficient (Wildman–Crippen LogP) is 6.82. The number of aliphatic imine (C=N–C) groups is 1. The number of amidine groups is 1. The highest BCUT2D eigenvalue weighted by Crippen LogP contribution is 2.50. The molecule has 0 amide bonds. The third kappa shape index (κ3) is 4.82. The fourth-order valence-electron chi connectivity index (χ4n) is 4.20. The normalized spacial score (nSPS) is 18.7. The van der Waals surface area contributed by atoms with Crippen molar-refractivity contribution in [1.82, 2.24) is 0 Å². The summed E-state index contributed by atoms with van der Waals surface area (Å²) < 4.78 is 14.9. The number of halogens is 2. The molecule has 4 heteroatoms. The van der Waals surface area contributed by atoms with E-state index < -0.39 is 5.54 Å². The number of hydrogen-bond acceptors (Lipinski definition) is 1. The fourth-order valence-corrected chi connectivity index (χ4v) is 4.32. The maximum Gasteiger partial charge on any atom is 0.128 e. The van der Waals surface area contributed by atoms with Crippen LogP contribution in [0.5, 0.6) is 0 Å². The van der Waals surface area contributed by atoms with Gasteiger partial charge in [0.1, 0.15) is 5.82 Å². The molecule has 0 bridgehead atoms. The Kier molecular flexibility index (Phi) is 5.95. The van der Waals surface area contributed by atoms with Crippen molar-refractivity contribution in [2.75, 3.05) is 0 Å². The maximum atomic E-state index is 14.9. The van der Waals surface area contributed by atoms with Crippen molar-refractivity contribution in [3.63, 3.8) is 0 Å². The van der Waals surface area contributed by atoms with Crippen molar-refractivity contribution in [3.8, 4) is 0 Å². The second-order valence-electron chi connectivity index (χ2n) is 8.49. The Morgan fingerprint density at radius 2 is 1.79 bits per heavy atom. The van der Waals surface area contributed by atoms with Gasteiger partial charge in [-0.15, -0.1) is 0 Å². The molecule has 1 aliphatic rings. The van der Waals surface area contributed by atoms with E-state index in [0.717, 1.165) is 30.4 Å². The molecule has 0 radical (unpaired) electrons. The van der Waals surface area contributed by atoms with Gasteiger partial charge in [-0.25, -0.2) is 4.39 Å². The predicted molar refractivity (Wildman–Crippen MR) is 118 cm³/mol. The summed E-state index contributed by atoms with van der Waals surface area (Å²) in [6, 6.07) is 12.8. The molecule has 2 N–H and O–H groups in total. The quantitative estimate of drug-likeness (QED) is 0.323. The highest BCUT2D eigenvalue weighted by atomic mass is 35.5. The molecular formula is C24H28ClFN2. The van der Waals surface area contributed by atoms with E-state index in [1.165, 1.54) is 12.5 Å². The summed E-state index contributed by atoms with van der Waals surface area (Å²) in [5, 5.41) is 0.705. The van der Waals surface area contributed by atoms with Crippen molar-refractivity contribution in [1.29, 1.82) is 0 Å². The summed E-state index contributed by atoms with van der Waals surface area (Å²) in [5.74, 6) is 0.242. The van der Waals surface area contributed by atoms with Crippen LogP contribution in [0.15, 0.2) is 47.5 Å². The molecule has 28 heavy (non-hydrogen) atoms. The van der Waals surface area contributed by atoms with E-state index >= 15 is 0 Å². The van der Waals surface area contributed by atoms with Crippen LogP contribution in [-0.4, -0.2) is 5.84 Å². The first-order valence-electron chi connectivity index (χ1n) is 9.75. The van der Waals surface area contributed by atoms with Crippen LogP contribution in [0, 0.1) is 11.2 Å². The van der Waals surface area contributed by atoms with Crippen molar-refractivity contribution in [3.05, 3.63) is 70.0 Å². The molecule has 0 heterocycles. The minimum atomic E-state index is -0.678. The first kappa shape index (κ1) is 20.6. The minimum Gasteiger partial charge on any atom is -0.388 e. The topological polar surface area (TPSA) is 38.4 Å². The third-order valence-corrected chi connectivity index (χ3v) is 5.92. The molecule has 148 valence electrons. The number of hydrogen-bond donors (Lipinski definition) is 1. The Hall–Kier alpha value is -2.13. The third-order valence-electron chi connectivity index (χ3n) is 5.66. The Labute approximate surface area is 172 Å². The van der Waals surface area contributed by atoms with Gasteiger partial charge in [-0.3, -0.25) is 4.99 Å². The van der Waals surface area contributed by atoms with Crippen LogP contribution in [0.2, 0.25) is 5.02 Å². The SMILES string of the molecule is CC(N)=N[C@@](C)(CC1(C)CCC1)c1cc(/C=C/c2ccc(Cl)cc2)ccc1F. The van der Waals surface area contributed by atoms with Crippen LogP contribution in [-0.2, 0) is 5.54 Å². The van der Waals surface area contributed by atoms with Gasteiger partial charge in [0.25, 0.3) is 0 Å². The number of benzene rings is 2. The van der Waals surface area contributed by atoms with E-state index in [1.54, 1.807) is 13.0 Å². The van der Waals surface area contributed by atoms with Gasteiger partial charge in [0.15, 0.2) is 0 Å². The van der Waals surface area contributed by atoms with Gasteiger partial charge in [0.2, 0.25) is 0 Å². The van der Waals surface area contributed by atoms with E-state index in [0.29, 0.717) is 16.4 Å². The van der Waals surface area contributed by atoms with Gasteiger partial charge in [-0.1, -0.05) is 55.3 Å². The van der Waals surface area contributed by atoms with Crippen molar-refractivity contribution in [2.24, 2.45) is 16.1 Å². The molecule has 3 rings (SSSR count). The Morgan fingerprint density at radius 1 is 1.18 bits per heavy atom. The molecule has 0 saturated heterocycles. The fraction of sp³-hybridized carbons (Fsp3) is 0.375. The zero-order valence-corrected chi connectivity index (χ0v) is 17.6. The smallest absolute Gasteiger partial charge is 0.128 e. The van der Waals surface area contributed by atoms with Crippen molar-refractivity contribution >= 4 is 29.6 Å². The van der Waals surface area contributed by atoms with E-state index in [-0.39, 0.29) is 11.2 Å². The molecule has 0 aromatic heterocycles. The van der Waals surface area contributed by atoms with Crippen LogP contribution in [0.1, 0.15) is 63.1 Å². The standard InChI is InChI=1S/C24H28ClFN2/c1-17(27)28-24(3,16-23(2)13-4-14-23)21-15-19(9-12-22(21)26)6-5-18-7-10-20(25)11-8-18/h5-12,15H,4,13-14,16H2,1-3H3,(H2,27,28)/b6-5+/t24-/m0/s1. The van der Waals surface area contributed by atoms with E-state index in [9.17, 15) is 4.39 Å². The first-order valence-corrected chi connectivity index (χ1v) is 10.1. The van der Waals surface area contributed by atoms with Crippen LogP contribution >= 0.6 is 11.6 Å². The summed E-state index contributed by atoms with van der Waals surface area (Å²) in [7, 11) is 0. The van der Waals surface area contributed by atoms with E-state index in [2.05, 4.69) is 6.92 Å². The van der Waals surface area contributed by atoms with Crippen LogP contribution in [0.25, 0.3) is 12.2 Å².